The lowest BCUT2D eigenvalue weighted by atomic mass is 9.89. The highest BCUT2D eigenvalue weighted by molar-refractivity contribution is 5.94. The summed E-state index contributed by atoms with van der Waals surface area (Å²) < 4.78 is 42.9. The molecular weight excluding hydrogens is 409 g/mol. The summed E-state index contributed by atoms with van der Waals surface area (Å²) in [5.41, 5.74) is 0.646. The summed E-state index contributed by atoms with van der Waals surface area (Å²) in [6.07, 6.45) is -0.0902. The van der Waals surface area contributed by atoms with Crippen LogP contribution >= 0.6 is 0 Å². The number of nitrogens with zero attached hydrogens (tertiary/aromatic N) is 4. The molecule has 0 aromatic carbocycles. The van der Waals surface area contributed by atoms with Crippen molar-refractivity contribution in [2.45, 2.75) is 44.0 Å². The Morgan fingerprint density at radius 3 is 2.50 bits per heavy atom. The van der Waals surface area contributed by atoms with Gasteiger partial charge in [0, 0.05) is 31.1 Å². The van der Waals surface area contributed by atoms with E-state index in [-0.39, 0.29) is 24.0 Å². The number of carboxylic acids is 1. The zero-order valence-corrected chi connectivity index (χ0v) is 15.9. The van der Waals surface area contributed by atoms with E-state index in [9.17, 15) is 18.0 Å². The van der Waals surface area contributed by atoms with Gasteiger partial charge in [0.25, 0.3) is 5.91 Å². The third-order valence-corrected chi connectivity index (χ3v) is 4.83. The summed E-state index contributed by atoms with van der Waals surface area (Å²) in [7, 11) is 0. The lowest BCUT2D eigenvalue weighted by Crippen LogP contribution is -2.51. The Labute approximate surface area is 168 Å². The molecule has 2 aromatic rings. The Morgan fingerprint density at radius 1 is 1.27 bits per heavy atom. The first-order valence-corrected chi connectivity index (χ1v) is 9.09. The van der Waals surface area contributed by atoms with Crippen LogP contribution in [0.15, 0.2) is 29.0 Å². The Kier molecular flexibility index (Phi) is 6.34. The summed E-state index contributed by atoms with van der Waals surface area (Å²) in [6, 6.07) is 3.61. The van der Waals surface area contributed by atoms with Gasteiger partial charge in [-0.2, -0.15) is 18.2 Å². The number of halogens is 3. The molecule has 2 saturated heterocycles. The third-order valence-electron chi connectivity index (χ3n) is 4.83. The van der Waals surface area contributed by atoms with E-state index in [0.29, 0.717) is 30.4 Å². The van der Waals surface area contributed by atoms with Crippen LogP contribution in [0.1, 0.15) is 40.8 Å². The first-order chi connectivity index (χ1) is 14.2. The van der Waals surface area contributed by atoms with Crippen LogP contribution in [0.4, 0.5) is 13.2 Å². The average Bonchev–Trinajstić information content (AvgIpc) is 3.36. The number of hydrogen-bond donors (Lipinski definition) is 1. The number of carboxylic acid groups (broad SMARTS) is 1. The van der Waals surface area contributed by atoms with Crippen LogP contribution < -0.4 is 0 Å². The Hall–Kier alpha value is -3.02. The normalized spacial score (nSPS) is 23.3. The maximum atomic E-state index is 12.9. The number of likely N-dealkylation sites (tertiary alicyclic amines) is 1. The van der Waals surface area contributed by atoms with E-state index in [4.69, 9.17) is 19.2 Å². The van der Waals surface area contributed by atoms with Gasteiger partial charge in [-0.25, -0.2) is 4.79 Å². The van der Waals surface area contributed by atoms with Gasteiger partial charge in [0.15, 0.2) is 5.82 Å². The van der Waals surface area contributed by atoms with Crippen molar-refractivity contribution in [1.29, 1.82) is 0 Å². The van der Waals surface area contributed by atoms with E-state index in [2.05, 4.69) is 15.1 Å². The predicted octanol–water partition coefficient (Wildman–Crippen LogP) is 2.19. The Balaban J connectivity index is 0.000000318. The molecule has 0 unspecified atom stereocenters. The fraction of sp³-hybridized carbons (Fsp3) is 0.500. The van der Waals surface area contributed by atoms with Crippen molar-refractivity contribution in [3.63, 3.8) is 0 Å². The van der Waals surface area contributed by atoms with Crippen LogP contribution in [0.5, 0.6) is 0 Å². The van der Waals surface area contributed by atoms with Crippen molar-refractivity contribution in [3.8, 4) is 0 Å². The number of piperidine rings is 1. The van der Waals surface area contributed by atoms with E-state index in [1.807, 2.05) is 4.90 Å². The Bertz CT molecular complexity index is 889. The molecule has 9 nitrogen and oxygen atoms in total. The fourth-order valence-corrected chi connectivity index (χ4v) is 3.50. The molecule has 0 spiro atoms. The second kappa shape index (κ2) is 8.78. The third kappa shape index (κ3) is 4.93. The number of rotatable bonds is 2. The van der Waals surface area contributed by atoms with Gasteiger partial charge in [0.2, 0.25) is 5.89 Å². The van der Waals surface area contributed by atoms with Crippen molar-refractivity contribution >= 4 is 11.9 Å². The highest BCUT2D eigenvalue weighted by Gasteiger charge is 2.44. The van der Waals surface area contributed by atoms with Crippen molar-refractivity contribution in [2.24, 2.45) is 0 Å². The highest BCUT2D eigenvalue weighted by atomic mass is 19.4. The summed E-state index contributed by atoms with van der Waals surface area (Å²) in [5, 5.41) is 11.0. The molecule has 0 bridgehead atoms. The number of hydrogen-bond acceptors (Lipinski definition) is 7. The highest BCUT2D eigenvalue weighted by Crippen LogP contribution is 2.36. The molecule has 162 valence electrons. The van der Waals surface area contributed by atoms with E-state index < -0.39 is 12.1 Å². The van der Waals surface area contributed by atoms with Crippen LogP contribution in [0.25, 0.3) is 0 Å². The minimum Gasteiger partial charge on any atom is -0.475 e. The van der Waals surface area contributed by atoms with Gasteiger partial charge in [-0.15, -0.1) is 0 Å². The zero-order valence-electron chi connectivity index (χ0n) is 15.9. The predicted molar refractivity (Wildman–Crippen MR) is 93.5 cm³/mol. The van der Waals surface area contributed by atoms with E-state index in [0.717, 1.165) is 12.8 Å². The number of carbonyl (C=O) groups excluding carboxylic acids is 1. The maximum Gasteiger partial charge on any atom is 0.490 e. The van der Waals surface area contributed by atoms with Gasteiger partial charge in [-0.05, 0) is 31.9 Å². The molecule has 0 saturated carbocycles. The number of aryl methyl sites for hydroxylation is 1. The standard InChI is InChI=1S/C16H18N4O3.C2HF3O2/c1-10-18-15(23-19-10)12-8-14-13(4-7-22-14)20(9-12)16(21)11-2-5-17-6-3-11;3-2(4,5)1(6)7/h2-3,5-6,12-14H,4,7-9H2,1H3;(H,6,7)/t12-,13+,14+;/m0./s1. The van der Waals surface area contributed by atoms with E-state index >= 15 is 0 Å². The lowest BCUT2D eigenvalue weighted by molar-refractivity contribution is -0.192. The van der Waals surface area contributed by atoms with E-state index in [1.54, 1.807) is 31.5 Å². The molecule has 12 heteroatoms. The maximum absolute atomic E-state index is 12.9. The van der Waals surface area contributed by atoms with Crippen LogP contribution in [-0.4, -0.2) is 68.5 Å². The molecule has 3 atom stereocenters. The molecule has 2 aliphatic heterocycles. The van der Waals surface area contributed by atoms with Gasteiger partial charge in [-0.3, -0.25) is 9.78 Å². The molecule has 2 aliphatic rings. The number of pyridine rings is 1. The van der Waals surface area contributed by atoms with E-state index in [1.165, 1.54) is 0 Å². The number of aromatic nitrogens is 3. The quantitative estimate of drug-likeness (QED) is 0.773. The monoisotopic (exact) mass is 428 g/mol. The summed E-state index contributed by atoms with van der Waals surface area (Å²) in [6.45, 7) is 3.06. The first kappa shape index (κ1) is 21.7. The van der Waals surface area contributed by atoms with Crippen molar-refractivity contribution in [3.05, 3.63) is 41.8 Å². The molecule has 2 aromatic heterocycles. The Morgan fingerprint density at radius 2 is 1.93 bits per heavy atom. The topological polar surface area (TPSA) is 119 Å². The second-order valence-electron chi connectivity index (χ2n) is 6.87. The number of ether oxygens (including phenoxy) is 1. The molecule has 2 fully saturated rings. The number of carbonyl (C=O) groups is 2. The van der Waals surface area contributed by atoms with Gasteiger partial charge in [0.1, 0.15) is 0 Å². The number of aliphatic carboxylic acids is 1. The van der Waals surface area contributed by atoms with Crippen molar-refractivity contribution in [2.75, 3.05) is 13.2 Å². The smallest absolute Gasteiger partial charge is 0.475 e. The lowest BCUT2D eigenvalue weighted by Gasteiger charge is -2.39. The summed E-state index contributed by atoms with van der Waals surface area (Å²) in [5.74, 6) is -1.53. The number of alkyl halides is 3. The van der Waals surface area contributed by atoms with Crippen LogP contribution in [0, 0.1) is 6.92 Å². The molecule has 0 aliphatic carbocycles. The summed E-state index contributed by atoms with van der Waals surface area (Å²) in [4.78, 5) is 32.0. The number of fused-ring (bicyclic) bond motifs is 1. The van der Waals surface area contributed by atoms with Crippen molar-refractivity contribution in [1.82, 2.24) is 20.0 Å². The van der Waals surface area contributed by atoms with Gasteiger partial charge in [-0.1, -0.05) is 5.16 Å². The molecule has 1 N–H and O–H groups in total. The van der Waals surface area contributed by atoms with Gasteiger partial charge >= 0.3 is 12.1 Å². The second-order valence-corrected chi connectivity index (χ2v) is 6.87. The minimum absolute atomic E-state index is 0.00818. The summed E-state index contributed by atoms with van der Waals surface area (Å²) >= 11 is 0. The molecule has 4 rings (SSSR count). The SMILES string of the molecule is Cc1noc([C@H]2C[C@H]3OCC[C@H]3N(C(=O)c3ccncc3)C2)n1.O=C(O)C(F)(F)F. The molecule has 4 heterocycles. The molecule has 1 amide bonds. The molecule has 0 radical (unpaired) electrons. The fourth-order valence-electron chi connectivity index (χ4n) is 3.50. The van der Waals surface area contributed by atoms with Crippen molar-refractivity contribution < 1.29 is 37.1 Å². The van der Waals surface area contributed by atoms with Crippen LogP contribution in [0.3, 0.4) is 0 Å². The first-order valence-electron chi connectivity index (χ1n) is 9.09. The minimum atomic E-state index is -5.08. The van der Waals surface area contributed by atoms with Gasteiger partial charge < -0.3 is 19.3 Å². The molecular formula is C18H19F3N4O5. The van der Waals surface area contributed by atoms with Gasteiger partial charge in [0.05, 0.1) is 18.1 Å². The van der Waals surface area contributed by atoms with Crippen LogP contribution in [-0.2, 0) is 9.53 Å². The van der Waals surface area contributed by atoms with Crippen LogP contribution in [0.2, 0.25) is 0 Å². The largest absolute Gasteiger partial charge is 0.490 e. The zero-order chi connectivity index (χ0) is 21.9. The molecule has 30 heavy (non-hydrogen) atoms. The average molecular weight is 428 g/mol. The number of amides is 1.